The van der Waals surface area contributed by atoms with E-state index in [2.05, 4.69) is 13.8 Å². The van der Waals surface area contributed by atoms with E-state index in [4.69, 9.17) is 4.74 Å². The van der Waals surface area contributed by atoms with Gasteiger partial charge in [0.1, 0.15) is 0 Å². The number of ether oxygens (including phenoxy) is 1. The summed E-state index contributed by atoms with van der Waals surface area (Å²) in [5, 5.41) is 9.58. The fourth-order valence-corrected chi connectivity index (χ4v) is 1.53. The first-order chi connectivity index (χ1) is 6.70. The van der Waals surface area contributed by atoms with Crippen molar-refractivity contribution in [2.45, 2.75) is 52.1 Å². The highest BCUT2D eigenvalue weighted by Gasteiger charge is 2.28. The second-order valence-corrected chi connectivity index (χ2v) is 4.84. The van der Waals surface area contributed by atoms with Crippen LogP contribution in [0.2, 0.25) is 0 Å². The molecule has 0 amide bonds. The maximum Gasteiger partial charge on any atom is 0.0569 e. The average molecular weight is 200 g/mol. The van der Waals surface area contributed by atoms with E-state index in [-0.39, 0.29) is 6.10 Å². The van der Waals surface area contributed by atoms with Crippen molar-refractivity contribution in [1.29, 1.82) is 0 Å². The zero-order valence-corrected chi connectivity index (χ0v) is 9.54. The molecular weight excluding hydrogens is 176 g/mol. The summed E-state index contributed by atoms with van der Waals surface area (Å²) in [6.07, 6.45) is 5.49. The van der Waals surface area contributed by atoms with Crippen molar-refractivity contribution in [2.24, 2.45) is 11.8 Å². The Morgan fingerprint density at radius 3 is 2.50 bits per heavy atom. The molecule has 0 spiro atoms. The van der Waals surface area contributed by atoms with E-state index in [9.17, 15) is 5.11 Å². The number of aliphatic hydroxyl groups is 1. The highest BCUT2D eigenvalue weighted by molar-refractivity contribution is 4.80. The molecule has 84 valence electrons. The number of hydrogen-bond acceptors (Lipinski definition) is 2. The monoisotopic (exact) mass is 200 g/mol. The summed E-state index contributed by atoms with van der Waals surface area (Å²) in [6, 6.07) is 0. The van der Waals surface area contributed by atoms with Gasteiger partial charge < -0.3 is 9.84 Å². The van der Waals surface area contributed by atoms with Crippen LogP contribution in [0.25, 0.3) is 0 Å². The lowest BCUT2D eigenvalue weighted by molar-refractivity contribution is 0.0928. The third-order valence-electron chi connectivity index (χ3n) is 2.79. The molecule has 0 aromatic rings. The number of hydrogen-bond donors (Lipinski definition) is 1. The van der Waals surface area contributed by atoms with Crippen LogP contribution < -0.4 is 0 Å². The van der Waals surface area contributed by atoms with Gasteiger partial charge in [0.15, 0.2) is 0 Å². The Morgan fingerprint density at radius 1 is 1.21 bits per heavy atom. The van der Waals surface area contributed by atoms with Crippen LogP contribution in [-0.2, 0) is 4.74 Å². The summed E-state index contributed by atoms with van der Waals surface area (Å²) in [5.74, 6) is 1.35. The minimum absolute atomic E-state index is 0.0521. The third-order valence-corrected chi connectivity index (χ3v) is 2.79. The van der Waals surface area contributed by atoms with Gasteiger partial charge >= 0.3 is 0 Å². The molecule has 0 heterocycles. The molecular formula is C12H24O2. The highest BCUT2D eigenvalue weighted by Crippen LogP contribution is 2.34. The SMILES string of the molecule is CC(C)CCOCCCC(O)C1CC1. The zero-order valence-electron chi connectivity index (χ0n) is 9.54. The molecule has 2 nitrogen and oxygen atoms in total. The Kier molecular flexibility index (Phi) is 5.49. The average Bonchev–Trinajstić information content (AvgIpc) is 2.92. The van der Waals surface area contributed by atoms with Gasteiger partial charge in [0, 0.05) is 13.2 Å². The minimum atomic E-state index is -0.0521. The molecule has 1 N–H and O–H groups in total. The lowest BCUT2D eigenvalue weighted by atomic mass is 10.1. The van der Waals surface area contributed by atoms with E-state index >= 15 is 0 Å². The Morgan fingerprint density at radius 2 is 1.93 bits per heavy atom. The van der Waals surface area contributed by atoms with E-state index in [1.807, 2.05) is 0 Å². The molecule has 0 aromatic carbocycles. The molecule has 1 unspecified atom stereocenters. The van der Waals surface area contributed by atoms with Crippen molar-refractivity contribution in [3.05, 3.63) is 0 Å². The smallest absolute Gasteiger partial charge is 0.0569 e. The Bertz CT molecular complexity index is 141. The maximum atomic E-state index is 9.58. The van der Waals surface area contributed by atoms with Crippen molar-refractivity contribution in [2.75, 3.05) is 13.2 Å². The van der Waals surface area contributed by atoms with Crippen LogP contribution in [0.1, 0.15) is 46.0 Å². The summed E-state index contributed by atoms with van der Waals surface area (Å²) in [5.41, 5.74) is 0. The van der Waals surface area contributed by atoms with Gasteiger partial charge in [-0.3, -0.25) is 0 Å². The predicted molar refractivity (Wildman–Crippen MR) is 58.2 cm³/mol. The molecule has 0 saturated heterocycles. The van der Waals surface area contributed by atoms with Crippen LogP contribution in [0.4, 0.5) is 0 Å². The molecule has 14 heavy (non-hydrogen) atoms. The van der Waals surface area contributed by atoms with E-state index in [0.29, 0.717) is 5.92 Å². The summed E-state index contributed by atoms with van der Waals surface area (Å²) in [6.45, 7) is 6.11. The van der Waals surface area contributed by atoms with Crippen molar-refractivity contribution >= 4 is 0 Å². The quantitative estimate of drug-likeness (QED) is 0.610. The van der Waals surface area contributed by atoms with E-state index in [1.54, 1.807) is 0 Å². The number of rotatable bonds is 8. The zero-order chi connectivity index (χ0) is 10.4. The summed E-state index contributed by atoms with van der Waals surface area (Å²) >= 11 is 0. The predicted octanol–water partition coefficient (Wildman–Crippen LogP) is 2.60. The van der Waals surface area contributed by atoms with E-state index in [0.717, 1.165) is 38.4 Å². The second-order valence-electron chi connectivity index (χ2n) is 4.84. The molecule has 1 aliphatic rings. The van der Waals surface area contributed by atoms with Gasteiger partial charge in [0.05, 0.1) is 6.10 Å². The lowest BCUT2D eigenvalue weighted by Crippen LogP contribution is -2.10. The fraction of sp³-hybridized carbons (Fsp3) is 1.00. The summed E-state index contributed by atoms with van der Waals surface area (Å²) in [7, 11) is 0. The molecule has 1 saturated carbocycles. The first-order valence-corrected chi connectivity index (χ1v) is 5.96. The highest BCUT2D eigenvalue weighted by atomic mass is 16.5. The molecule has 1 fully saturated rings. The van der Waals surface area contributed by atoms with Gasteiger partial charge in [0.25, 0.3) is 0 Å². The van der Waals surface area contributed by atoms with Crippen LogP contribution in [0.15, 0.2) is 0 Å². The van der Waals surface area contributed by atoms with E-state index in [1.165, 1.54) is 12.8 Å². The molecule has 1 atom stereocenters. The first kappa shape index (κ1) is 12.0. The van der Waals surface area contributed by atoms with Gasteiger partial charge in [-0.25, -0.2) is 0 Å². The third kappa shape index (κ3) is 5.61. The Balaban J connectivity index is 1.79. The largest absolute Gasteiger partial charge is 0.393 e. The van der Waals surface area contributed by atoms with Gasteiger partial charge in [0.2, 0.25) is 0 Å². The van der Waals surface area contributed by atoms with Crippen LogP contribution in [0.5, 0.6) is 0 Å². The standard InChI is InChI=1S/C12H24O2/c1-10(2)7-9-14-8-3-4-12(13)11-5-6-11/h10-13H,3-9H2,1-2H3. The van der Waals surface area contributed by atoms with E-state index < -0.39 is 0 Å². The summed E-state index contributed by atoms with van der Waals surface area (Å²) in [4.78, 5) is 0. The first-order valence-electron chi connectivity index (χ1n) is 5.96. The Hall–Kier alpha value is -0.0800. The molecule has 0 aromatic heterocycles. The van der Waals surface area contributed by atoms with Crippen molar-refractivity contribution < 1.29 is 9.84 Å². The van der Waals surface area contributed by atoms with Crippen molar-refractivity contribution in [3.8, 4) is 0 Å². The lowest BCUT2D eigenvalue weighted by Gasteiger charge is -2.09. The maximum absolute atomic E-state index is 9.58. The van der Waals surface area contributed by atoms with Crippen LogP contribution >= 0.6 is 0 Å². The molecule has 1 rings (SSSR count). The van der Waals surface area contributed by atoms with Crippen LogP contribution in [0.3, 0.4) is 0 Å². The van der Waals surface area contributed by atoms with Crippen LogP contribution in [-0.4, -0.2) is 24.4 Å². The van der Waals surface area contributed by atoms with Crippen molar-refractivity contribution in [3.63, 3.8) is 0 Å². The summed E-state index contributed by atoms with van der Waals surface area (Å²) < 4.78 is 5.48. The van der Waals surface area contributed by atoms with Gasteiger partial charge in [-0.15, -0.1) is 0 Å². The molecule has 0 aliphatic heterocycles. The molecule has 1 aliphatic carbocycles. The van der Waals surface area contributed by atoms with Gasteiger partial charge in [-0.1, -0.05) is 13.8 Å². The number of aliphatic hydroxyl groups excluding tert-OH is 1. The van der Waals surface area contributed by atoms with Crippen LogP contribution in [0, 0.1) is 11.8 Å². The normalized spacial score (nSPS) is 18.9. The minimum Gasteiger partial charge on any atom is -0.393 e. The van der Waals surface area contributed by atoms with Gasteiger partial charge in [-0.05, 0) is 43.9 Å². The molecule has 0 radical (unpaired) electrons. The second kappa shape index (κ2) is 6.41. The van der Waals surface area contributed by atoms with Crippen molar-refractivity contribution in [1.82, 2.24) is 0 Å². The molecule has 2 heteroatoms. The van der Waals surface area contributed by atoms with Gasteiger partial charge in [-0.2, -0.15) is 0 Å². The Labute approximate surface area is 87.7 Å². The fourth-order valence-electron chi connectivity index (χ4n) is 1.53. The molecule has 0 bridgehead atoms. The topological polar surface area (TPSA) is 29.5 Å².